The van der Waals surface area contributed by atoms with Crippen molar-refractivity contribution in [2.75, 3.05) is 30.1 Å². The lowest BCUT2D eigenvalue weighted by molar-refractivity contribution is -0.137. The number of aromatic nitrogens is 1. The summed E-state index contributed by atoms with van der Waals surface area (Å²) in [5.74, 6) is -1.20. The van der Waals surface area contributed by atoms with E-state index in [2.05, 4.69) is 15.0 Å². The Hall–Kier alpha value is -3.21. The Labute approximate surface area is 211 Å². The second kappa shape index (κ2) is 10.4. The van der Waals surface area contributed by atoms with Crippen molar-refractivity contribution in [3.8, 4) is 11.6 Å². The number of carboxylic acids is 1. The number of piperidine rings is 1. The fourth-order valence-corrected chi connectivity index (χ4v) is 4.75. The van der Waals surface area contributed by atoms with Crippen molar-refractivity contribution >= 4 is 34.7 Å². The van der Waals surface area contributed by atoms with Gasteiger partial charge in [0.05, 0.1) is 42.2 Å². The molecule has 0 bridgehead atoms. The Morgan fingerprint density at radius 1 is 1.22 bits per heavy atom. The van der Waals surface area contributed by atoms with Crippen LogP contribution in [0.25, 0.3) is 0 Å². The second-order valence-electron chi connectivity index (χ2n) is 8.76. The number of nitrogens with zero attached hydrogens (tertiary/aromatic N) is 4. The molecular weight excluding hydrogens is 501 g/mol. The van der Waals surface area contributed by atoms with E-state index in [1.165, 1.54) is 6.92 Å². The first-order chi connectivity index (χ1) is 17.1. The van der Waals surface area contributed by atoms with E-state index in [0.29, 0.717) is 35.4 Å². The van der Waals surface area contributed by atoms with Gasteiger partial charge in [0.15, 0.2) is 0 Å². The number of carboxylic acid groups (broad SMARTS) is 1. The first-order valence-corrected chi connectivity index (χ1v) is 11.8. The molecule has 1 N–H and O–H groups in total. The Balaban J connectivity index is 1.41. The summed E-state index contributed by atoms with van der Waals surface area (Å²) < 4.78 is 51.4. The van der Waals surface area contributed by atoms with Crippen LogP contribution < -0.4 is 19.4 Å². The third-order valence-corrected chi connectivity index (χ3v) is 6.71. The number of halogens is 4. The molecule has 2 aliphatic rings. The van der Waals surface area contributed by atoms with E-state index in [1.807, 2.05) is 0 Å². The molecule has 3 heterocycles. The van der Waals surface area contributed by atoms with Crippen LogP contribution in [0, 0.1) is 5.92 Å². The second-order valence-corrected chi connectivity index (χ2v) is 9.16. The van der Waals surface area contributed by atoms with Gasteiger partial charge in [0.1, 0.15) is 17.6 Å². The molecular formula is C24H26ClF3N4O4. The average molecular weight is 527 g/mol. The van der Waals surface area contributed by atoms with Crippen LogP contribution in [0.1, 0.15) is 26.2 Å². The van der Waals surface area contributed by atoms with Crippen molar-refractivity contribution in [1.82, 2.24) is 4.98 Å². The number of alkyl halides is 3. The van der Waals surface area contributed by atoms with E-state index in [-0.39, 0.29) is 6.10 Å². The third kappa shape index (κ3) is 5.61. The topological polar surface area (TPSA) is 87.5 Å². The molecule has 0 spiro atoms. The molecule has 4 rings (SSSR count). The number of rotatable bonds is 7. The molecule has 2 aliphatic heterocycles. The lowest BCUT2D eigenvalue weighted by Crippen LogP contribution is -2.38. The zero-order valence-corrected chi connectivity index (χ0v) is 20.5. The van der Waals surface area contributed by atoms with Crippen LogP contribution >= 0.6 is 11.6 Å². The quantitative estimate of drug-likeness (QED) is 0.542. The third-order valence-electron chi connectivity index (χ3n) is 6.42. The first-order valence-electron chi connectivity index (χ1n) is 11.4. The SMILES string of the molecule is COc1cc(N2CCC(Oc3ccc(N4N=C(C(F)(F)F)C(C)C4CC(=O)O)cc3)CC2)c(Cl)cn1. The van der Waals surface area contributed by atoms with Crippen LogP contribution in [0.15, 0.2) is 41.6 Å². The first kappa shape index (κ1) is 25.9. The standard InChI is InChI=1S/C24H26ClF3N4O4/c1-14-19(12-22(33)34)32(30-23(14)24(26,27)28)15-3-5-16(6-4-15)36-17-7-9-31(10-8-17)20-11-21(35-2)29-13-18(20)25/h3-6,11,13-14,17,19H,7-10,12H2,1-2H3,(H,33,34). The lowest BCUT2D eigenvalue weighted by Gasteiger charge is -2.34. The highest BCUT2D eigenvalue weighted by atomic mass is 35.5. The number of hydrogen-bond donors (Lipinski definition) is 1. The van der Waals surface area contributed by atoms with E-state index in [4.69, 9.17) is 21.1 Å². The van der Waals surface area contributed by atoms with Crippen molar-refractivity contribution in [3.63, 3.8) is 0 Å². The van der Waals surface area contributed by atoms with Gasteiger partial charge in [-0.2, -0.15) is 18.3 Å². The van der Waals surface area contributed by atoms with Crippen LogP contribution in [0.5, 0.6) is 11.6 Å². The minimum atomic E-state index is -4.63. The van der Waals surface area contributed by atoms with Crippen LogP contribution in [0.4, 0.5) is 24.5 Å². The fraction of sp³-hybridized carbons (Fsp3) is 0.458. The van der Waals surface area contributed by atoms with Gasteiger partial charge in [-0.3, -0.25) is 9.80 Å². The fourth-order valence-electron chi connectivity index (χ4n) is 4.53. The molecule has 0 radical (unpaired) electrons. The van der Waals surface area contributed by atoms with E-state index < -0.39 is 36.2 Å². The molecule has 0 saturated carbocycles. The van der Waals surface area contributed by atoms with Crippen molar-refractivity contribution in [2.45, 2.75) is 44.5 Å². The molecule has 1 aromatic heterocycles. The van der Waals surface area contributed by atoms with Crippen molar-refractivity contribution < 1.29 is 32.5 Å². The molecule has 2 unspecified atom stereocenters. The molecule has 1 saturated heterocycles. The summed E-state index contributed by atoms with van der Waals surface area (Å²) in [5.41, 5.74) is 0.240. The largest absolute Gasteiger partial charge is 0.490 e. The summed E-state index contributed by atoms with van der Waals surface area (Å²) >= 11 is 6.30. The predicted molar refractivity (Wildman–Crippen MR) is 129 cm³/mol. The maximum atomic E-state index is 13.4. The Kier molecular flexibility index (Phi) is 7.49. The number of methoxy groups -OCH3 is 1. The molecule has 1 aromatic carbocycles. The summed E-state index contributed by atoms with van der Waals surface area (Å²) in [6.45, 7) is 2.78. The highest BCUT2D eigenvalue weighted by Crippen LogP contribution is 2.37. The number of hydrazone groups is 1. The summed E-state index contributed by atoms with van der Waals surface area (Å²) in [6.07, 6.45) is -2.10. The number of pyridine rings is 1. The molecule has 2 aromatic rings. The van der Waals surface area contributed by atoms with Gasteiger partial charge >= 0.3 is 12.1 Å². The van der Waals surface area contributed by atoms with Gasteiger partial charge in [-0.1, -0.05) is 18.5 Å². The molecule has 8 nitrogen and oxygen atoms in total. The summed E-state index contributed by atoms with van der Waals surface area (Å²) in [6, 6.07) is 7.38. The molecule has 1 fully saturated rings. The minimum absolute atomic E-state index is 0.0453. The molecule has 194 valence electrons. The molecule has 36 heavy (non-hydrogen) atoms. The van der Waals surface area contributed by atoms with E-state index >= 15 is 0 Å². The zero-order chi connectivity index (χ0) is 26.0. The van der Waals surface area contributed by atoms with E-state index in [1.54, 1.807) is 43.6 Å². The highest BCUT2D eigenvalue weighted by molar-refractivity contribution is 6.33. The van der Waals surface area contributed by atoms with Crippen molar-refractivity contribution in [2.24, 2.45) is 11.0 Å². The van der Waals surface area contributed by atoms with Crippen LogP contribution in [-0.2, 0) is 4.79 Å². The number of hydrogen-bond acceptors (Lipinski definition) is 7. The molecule has 12 heteroatoms. The summed E-state index contributed by atoms with van der Waals surface area (Å²) in [4.78, 5) is 17.5. The number of anilines is 2. The van der Waals surface area contributed by atoms with Crippen molar-refractivity contribution in [3.05, 3.63) is 41.6 Å². The molecule has 0 aliphatic carbocycles. The maximum Gasteiger partial charge on any atom is 0.431 e. The molecule has 2 atom stereocenters. The predicted octanol–water partition coefficient (Wildman–Crippen LogP) is 5.01. The van der Waals surface area contributed by atoms with Crippen LogP contribution in [-0.4, -0.2) is 60.3 Å². The van der Waals surface area contributed by atoms with E-state index in [9.17, 15) is 23.1 Å². The minimum Gasteiger partial charge on any atom is -0.490 e. The smallest absolute Gasteiger partial charge is 0.431 e. The summed E-state index contributed by atoms with van der Waals surface area (Å²) in [5, 5.41) is 14.6. The number of carbonyl (C=O) groups is 1. The zero-order valence-electron chi connectivity index (χ0n) is 19.7. The monoisotopic (exact) mass is 526 g/mol. The Bertz CT molecular complexity index is 1120. The van der Waals surface area contributed by atoms with Crippen LogP contribution in [0.2, 0.25) is 5.02 Å². The van der Waals surface area contributed by atoms with Crippen LogP contribution in [0.3, 0.4) is 0 Å². The van der Waals surface area contributed by atoms with Gasteiger partial charge in [0.25, 0.3) is 0 Å². The van der Waals surface area contributed by atoms with Gasteiger partial charge in [-0.15, -0.1) is 0 Å². The maximum absolute atomic E-state index is 13.4. The summed E-state index contributed by atoms with van der Waals surface area (Å²) in [7, 11) is 1.55. The average Bonchev–Trinajstić information content (AvgIpc) is 3.16. The van der Waals surface area contributed by atoms with Gasteiger partial charge in [-0.25, -0.2) is 4.98 Å². The lowest BCUT2D eigenvalue weighted by atomic mass is 9.94. The highest BCUT2D eigenvalue weighted by Gasteiger charge is 2.48. The Morgan fingerprint density at radius 3 is 2.47 bits per heavy atom. The van der Waals surface area contributed by atoms with Gasteiger partial charge in [-0.05, 0) is 24.3 Å². The van der Waals surface area contributed by atoms with Gasteiger partial charge < -0.3 is 19.5 Å². The van der Waals surface area contributed by atoms with Crippen molar-refractivity contribution in [1.29, 1.82) is 0 Å². The Morgan fingerprint density at radius 2 is 1.89 bits per heavy atom. The van der Waals surface area contributed by atoms with E-state index in [0.717, 1.165) is 23.5 Å². The number of benzene rings is 1. The molecule has 0 amide bonds. The van der Waals surface area contributed by atoms with Gasteiger partial charge in [0.2, 0.25) is 5.88 Å². The van der Waals surface area contributed by atoms with Gasteiger partial charge in [0, 0.05) is 37.9 Å². The number of aliphatic carboxylic acids is 1. The normalized spacial score (nSPS) is 20.9. The number of ether oxygens (including phenoxy) is 2.